The third-order valence-corrected chi connectivity index (χ3v) is 1.43. The van der Waals surface area contributed by atoms with Gasteiger partial charge in [0.05, 0.1) is 0 Å². The van der Waals surface area contributed by atoms with Crippen molar-refractivity contribution in [2.24, 2.45) is 4.99 Å². The third-order valence-electron chi connectivity index (χ3n) is 1.43. The van der Waals surface area contributed by atoms with Gasteiger partial charge in [0.25, 0.3) is 0 Å². The summed E-state index contributed by atoms with van der Waals surface area (Å²) >= 11 is 0. The van der Waals surface area contributed by atoms with Crippen LogP contribution in [0.4, 0.5) is 5.82 Å². The molecule has 1 aromatic heterocycles. The molecule has 0 fully saturated rings. The Bertz CT molecular complexity index is 266. The fourth-order valence-corrected chi connectivity index (χ4v) is 0.960. The molecule has 0 atom stereocenters. The summed E-state index contributed by atoms with van der Waals surface area (Å²) in [6.45, 7) is 0.464. The van der Waals surface area contributed by atoms with Gasteiger partial charge in [0, 0.05) is 6.20 Å². The largest absolute Gasteiger partial charge is 0.312 e. The first kappa shape index (κ1) is 5.49. The Balaban J connectivity index is 2.43. The second-order valence-electron chi connectivity index (χ2n) is 2.16. The predicted octanol–water partition coefficient (Wildman–Crippen LogP) is 0.810. The summed E-state index contributed by atoms with van der Waals surface area (Å²) in [6, 6.07) is 3.79. The topological polar surface area (TPSA) is 40.8 Å². The van der Waals surface area contributed by atoms with E-state index in [0.29, 0.717) is 6.67 Å². The SMILES string of the molecule is ON1C=Nc2cccn2C1. The van der Waals surface area contributed by atoms with Crippen LogP contribution in [0.3, 0.4) is 0 Å². The summed E-state index contributed by atoms with van der Waals surface area (Å²) in [4.78, 5) is 3.95. The Hall–Kier alpha value is -1.29. The summed E-state index contributed by atoms with van der Waals surface area (Å²) in [5, 5.41) is 9.97. The van der Waals surface area contributed by atoms with Crippen molar-refractivity contribution in [3.05, 3.63) is 18.3 Å². The van der Waals surface area contributed by atoms with Crippen LogP contribution in [0.15, 0.2) is 23.3 Å². The van der Waals surface area contributed by atoms with E-state index in [4.69, 9.17) is 5.21 Å². The minimum Gasteiger partial charge on any atom is -0.312 e. The number of fused-ring (bicyclic) bond motifs is 1. The van der Waals surface area contributed by atoms with Crippen LogP contribution in [-0.4, -0.2) is 21.2 Å². The number of hydrogen-bond acceptors (Lipinski definition) is 3. The van der Waals surface area contributed by atoms with Gasteiger partial charge in [0.1, 0.15) is 18.8 Å². The Morgan fingerprint density at radius 2 is 2.50 bits per heavy atom. The molecule has 10 heavy (non-hydrogen) atoms. The summed E-state index contributed by atoms with van der Waals surface area (Å²) in [6.07, 6.45) is 3.27. The number of rotatable bonds is 0. The molecule has 0 spiro atoms. The fraction of sp³-hybridized carbons (Fsp3) is 0.167. The molecular weight excluding hydrogens is 130 g/mol. The van der Waals surface area contributed by atoms with Crippen LogP contribution in [0.2, 0.25) is 0 Å². The monoisotopic (exact) mass is 137 g/mol. The van der Waals surface area contributed by atoms with Gasteiger partial charge in [0.15, 0.2) is 0 Å². The first-order valence-electron chi connectivity index (χ1n) is 3.01. The second kappa shape index (κ2) is 1.85. The maximum atomic E-state index is 8.94. The van der Waals surface area contributed by atoms with E-state index < -0.39 is 0 Å². The Morgan fingerprint density at radius 3 is 3.40 bits per heavy atom. The highest BCUT2D eigenvalue weighted by Gasteiger charge is 2.05. The molecule has 0 aromatic carbocycles. The van der Waals surface area contributed by atoms with Gasteiger partial charge in [-0.05, 0) is 12.1 Å². The molecule has 52 valence electrons. The summed E-state index contributed by atoms with van der Waals surface area (Å²) < 4.78 is 1.85. The van der Waals surface area contributed by atoms with Crippen LogP contribution in [0.5, 0.6) is 0 Å². The first-order chi connectivity index (χ1) is 4.86. The average Bonchev–Trinajstić information content (AvgIpc) is 2.33. The molecule has 0 amide bonds. The van der Waals surface area contributed by atoms with Crippen molar-refractivity contribution >= 4 is 12.2 Å². The molecule has 4 nitrogen and oxygen atoms in total. The van der Waals surface area contributed by atoms with E-state index >= 15 is 0 Å². The van der Waals surface area contributed by atoms with Crippen LogP contribution in [0.25, 0.3) is 0 Å². The van der Waals surface area contributed by atoms with Crippen molar-refractivity contribution in [2.45, 2.75) is 6.67 Å². The smallest absolute Gasteiger partial charge is 0.135 e. The van der Waals surface area contributed by atoms with Crippen molar-refractivity contribution in [1.29, 1.82) is 0 Å². The van der Waals surface area contributed by atoms with Crippen LogP contribution in [0.1, 0.15) is 0 Å². The van der Waals surface area contributed by atoms with E-state index in [0.717, 1.165) is 10.9 Å². The van der Waals surface area contributed by atoms with E-state index in [1.54, 1.807) is 0 Å². The Labute approximate surface area is 58.0 Å². The lowest BCUT2D eigenvalue weighted by Gasteiger charge is -2.17. The highest BCUT2D eigenvalue weighted by molar-refractivity contribution is 5.60. The minimum atomic E-state index is 0.464. The third kappa shape index (κ3) is 0.698. The Kier molecular flexibility index (Phi) is 1.01. The number of aliphatic imine (C=N–C) groups is 1. The van der Waals surface area contributed by atoms with Crippen LogP contribution < -0.4 is 0 Å². The zero-order chi connectivity index (χ0) is 6.97. The molecule has 0 saturated heterocycles. The summed E-state index contributed by atoms with van der Waals surface area (Å²) in [5.41, 5.74) is 0. The van der Waals surface area contributed by atoms with E-state index in [1.165, 1.54) is 6.34 Å². The van der Waals surface area contributed by atoms with Crippen molar-refractivity contribution in [3.63, 3.8) is 0 Å². The molecular formula is C6H7N3O. The lowest BCUT2D eigenvalue weighted by atomic mass is 10.6. The van der Waals surface area contributed by atoms with Gasteiger partial charge in [0.2, 0.25) is 0 Å². The van der Waals surface area contributed by atoms with Crippen LogP contribution in [-0.2, 0) is 6.67 Å². The standard InChI is InChI=1S/C6H7N3O/c10-9-4-7-6-2-1-3-8(6)5-9/h1-4,10H,5H2. The molecule has 0 aliphatic carbocycles. The Morgan fingerprint density at radius 1 is 1.60 bits per heavy atom. The second-order valence-corrected chi connectivity index (χ2v) is 2.16. The average molecular weight is 137 g/mol. The summed E-state index contributed by atoms with van der Waals surface area (Å²) in [7, 11) is 0. The molecule has 2 heterocycles. The van der Waals surface area contributed by atoms with Gasteiger partial charge >= 0.3 is 0 Å². The molecule has 2 rings (SSSR count). The minimum absolute atomic E-state index is 0.464. The summed E-state index contributed by atoms with van der Waals surface area (Å²) in [5.74, 6) is 0.880. The van der Waals surface area contributed by atoms with Crippen LogP contribution >= 0.6 is 0 Å². The lowest BCUT2D eigenvalue weighted by molar-refractivity contribution is -0.0383. The van der Waals surface area contributed by atoms with Gasteiger partial charge < -0.3 is 4.57 Å². The number of aromatic nitrogens is 1. The highest BCUT2D eigenvalue weighted by Crippen LogP contribution is 2.15. The molecule has 1 aliphatic heterocycles. The molecule has 0 saturated carbocycles. The molecule has 0 unspecified atom stereocenters. The normalized spacial score (nSPS) is 15.5. The first-order valence-corrected chi connectivity index (χ1v) is 3.01. The van der Waals surface area contributed by atoms with Gasteiger partial charge in [-0.25, -0.2) is 10.1 Å². The maximum absolute atomic E-state index is 8.94. The van der Waals surface area contributed by atoms with Crippen molar-refractivity contribution < 1.29 is 5.21 Å². The fourth-order valence-electron chi connectivity index (χ4n) is 0.960. The maximum Gasteiger partial charge on any atom is 0.135 e. The van der Waals surface area contributed by atoms with E-state index in [1.807, 2.05) is 22.9 Å². The molecule has 1 aliphatic rings. The zero-order valence-corrected chi connectivity index (χ0v) is 5.31. The van der Waals surface area contributed by atoms with E-state index in [9.17, 15) is 0 Å². The number of hydroxylamine groups is 2. The van der Waals surface area contributed by atoms with Gasteiger partial charge in [-0.1, -0.05) is 0 Å². The van der Waals surface area contributed by atoms with Gasteiger partial charge in [-0.15, -0.1) is 0 Å². The highest BCUT2D eigenvalue weighted by atomic mass is 16.5. The number of hydrogen-bond donors (Lipinski definition) is 1. The molecule has 1 N–H and O–H groups in total. The van der Waals surface area contributed by atoms with Crippen molar-refractivity contribution in [1.82, 2.24) is 9.63 Å². The molecule has 0 bridgehead atoms. The molecule has 1 aromatic rings. The number of nitrogens with zero attached hydrogens (tertiary/aromatic N) is 3. The van der Waals surface area contributed by atoms with Crippen LogP contribution in [0, 0.1) is 0 Å². The lowest BCUT2D eigenvalue weighted by Crippen LogP contribution is -2.23. The quantitative estimate of drug-likeness (QED) is 0.574. The molecule has 0 radical (unpaired) electrons. The molecule has 4 heteroatoms. The van der Waals surface area contributed by atoms with E-state index in [2.05, 4.69) is 4.99 Å². The van der Waals surface area contributed by atoms with Gasteiger partial charge in [-0.2, -0.15) is 0 Å². The van der Waals surface area contributed by atoms with Crippen molar-refractivity contribution in [2.75, 3.05) is 0 Å². The van der Waals surface area contributed by atoms with Gasteiger partial charge in [-0.3, -0.25) is 5.21 Å². The van der Waals surface area contributed by atoms with Crippen molar-refractivity contribution in [3.8, 4) is 0 Å². The zero-order valence-electron chi connectivity index (χ0n) is 5.31. The predicted molar refractivity (Wildman–Crippen MR) is 36.2 cm³/mol. The van der Waals surface area contributed by atoms with E-state index in [-0.39, 0.29) is 0 Å².